The molecule has 0 aromatic carbocycles. The molecule has 1 saturated carbocycles. The lowest BCUT2D eigenvalue weighted by atomic mass is 10.3. The van der Waals surface area contributed by atoms with Crippen molar-refractivity contribution in [2.24, 2.45) is 0 Å². The van der Waals surface area contributed by atoms with Crippen molar-refractivity contribution in [2.75, 3.05) is 5.75 Å². The van der Waals surface area contributed by atoms with E-state index in [1.165, 1.54) is 24.6 Å². The smallest absolute Gasteiger partial charge is 0.191 e. The second-order valence-electron chi connectivity index (χ2n) is 4.65. The van der Waals surface area contributed by atoms with Crippen LogP contribution in [0.5, 0.6) is 0 Å². The normalized spacial score (nSPS) is 14.8. The predicted octanol–water partition coefficient (Wildman–Crippen LogP) is 2.48. The molecule has 1 aliphatic rings. The summed E-state index contributed by atoms with van der Waals surface area (Å²) in [6.45, 7) is 2.95. The Hall–Kier alpha value is -1.56. The molecule has 0 atom stereocenters. The SMILES string of the molecule is CCn1c(SCC(=O)c2ccc[nH]2)nnc1C1CC1. The predicted molar refractivity (Wildman–Crippen MR) is 73.5 cm³/mol. The van der Waals surface area contributed by atoms with Crippen molar-refractivity contribution in [2.45, 2.75) is 37.4 Å². The molecule has 0 unspecified atom stereocenters. The molecule has 100 valence electrons. The molecule has 1 N–H and O–H groups in total. The molecular formula is C13H16N4OS. The van der Waals surface area contributed by atoms with Crippen LogP contribution in [0.1, 0.15) is 42.0 Å². The number of aromatic nitrogens is 4. The minimum absolute atomic E-state index is 0.0913. The van der Waals surface area contributed by atoms with Crippen molar-refractivity contribution in [3.8, 4) is 0 Å². The standard InChI is InChI=1S/C13H16N4OS/c1-2-17-12(9-5-6-9)15-16-13(17)19-8-11(18)10-4-3-7-14-10/h3-4,7,9,14H,2,5-6,8H2,1H3. The van der Waals surface area contributed by atoms with Gasteiger partial charge in [0.15, 0.2) is 10.9 Å². The number of aromatic amines is 1. The van der Waals surface area contributed by atoms with Crippen molar-refractivity contribution < 1.29 is 4.79 Å². The van der Waals surface area contributed by atoms with E-state index < -0.39 is 0 Å². The summed E-state index contributed by atoms with van der Waals surface area (Å²) in [7, 11) is 0. The number of carbonyl (C=O) groups is 1. The highest BCUT2D eigenvalue weighted by Crippen LogP contribution is 2.39. The Morgan fingerprint density at radius 1 is 1.53 bits per heavy atom. The maximum absolute atomic E-state index is 11.9. The highest BCUT2D eigenvalue weighted by atomic mass is 32.2. The number of rotatable bonds is 6. The van der Waals surface area contributed by atoms with E-state index in [1.54, 1.807) is 12.3 Å². The molecule has 0 amide bonds. The lowest BCUT2D eigenvalue weighted by Gasteiger charge is -2.05. The summed E-state index contributed by atoms with van der Waals surface area (Å²) >= 11 is 1.46. The van der Waals surface area contributed by atoms with Crippen molar-refractivity contribution in [3.63, 3.8) is 0 Å². The second kappa shape index (κ2) is 5.21. The number of H-pyrrole nitrogens is 1. The zero-order valence-corrected chi connectivity index (χ0v) is 11.6. The monoisotopic (exact) mass is 276 g/mol. The van der Waals surface area contributed by atoms with Gasteiger partial charge < -0.3 is 9.55 Å². The van der Waals surface area contributed by atoms with Crippen molar-refractivity contribution >= 4 is 17.5 Å². The van der Waals surface area contributed by atoms with Gasteiger partial charge in [-0.2, -0.15) is 0 Å². The third kappa shape index (κ3) is 2.58. The van der Waals surface area contributed by atoms with Gasteiger partial charge in [-0.25, -0.2) is 0 Å². The van der Waals surface area contributed by atoms with Gasteiger partial charge in [0.1, 0.15) is 5.82 Å². The summed E-state index contributed by atoms with van der Waals surface area (Å²) in [5, 5.41) is 9.33. The molecular weight excluding hydrogens is 260 g/mol. The van der Waals surface area contributed by atoms with Crippen LogP contribution < -0.4 is 0 Å². The topological polar surface area (TPSA) is 63.6 Å². The molecule has 5 nitrogen and oxygen atoms in total. The van der Waals surface area contributed by atoms with Crippen LogP contribution >= 0.6 is 11.8 Å². The largest absolute Gasteiger partial charge is 0.359 e. The van der Waals surface area contributed by atoms with E-state index in [0.29, 0.717) is 17.4 Å². The molecule has 2 aromatic heterocycles. The van der Waals surface area contributed by atoms with Gasteiger partial charge in [-0.05, 0) is 31.9 Å². The fourth-order valence-corrected chi connectivity index (χ4v) is 2.95. The average molecular weight is 276 g/mol. The highest BCUT2D eigenvalue weighted by molar-refractivity contribution is 7.99. The number of hydrogen-bond donors (Lipinski definition) is 1. The Bertz CT molecular complexity index is 571. The first kappa shape index (κ1) is 12.5. The summed E-state index contributed by atoms with van der Waals surface area (Å²) < 4.78 is 2.13. The minimum atomic E-state index is 0.0913. The Labute approximate surface area is 115 Å². The van der Waals surface area contributed by atoms with Crippen LogP contribution in [0.15, 0.2) is 23.5 Å². The molecule has 0 saturated heterocycles. The third-order valence-corrected chi connectivity index (χ3v) is 4.20. The second-order valence-corrected chi connectivity index (χ2v) is 5.60. The fourth-order valence-electron chi connectivity index (χ4n) is 2.06. The van der Waals surface area contributed by atoms with E-state index in [-0.39, 0.29) is 5.78 Å². The molecule has 2 heterocycles. The van der Waals surface area contributed by atoms with Crippen LogP contribution in [0.25, 0.3) is 0 Å². The Morgan fingerprint density at radius 3 is 3.00 bits per heavy atom. The average Bonchev–Trinajstić information content (AvgIpc) is 2.97. The number of nitrogens with zero attached hydrogens (tertiary/aromatic N) is 3. The quantitative estimate of drug-likeness (QED) is 0.650. The number of nitrogens with one attached hydrogen (secondary N) is 1. The van der Waals surface area contributed by atoms with Gasteiger partial charge in [0.2, 0.25) is 0 Å². The van der Waals surface area contributed by atoms with Gasteiger partial charge in [0.05, 0.1) is 11.4 Å². The Balaban J connectivity index is 1.68. The first-order valence-electron chi connectivity index (χ1n) is 6.52. The van der Waals surface area contributed by atoms with Crippen LogP contribution in [-0.2, 0) is 6.54 Å². The summed E-state index contributed by atoms with van der Waals surface area (Å²) in [5.41, 5.74) is 0.650. The van der Waals surface area contributed by atoms with Gasteiger partial charge in [0, 0.05) is 18.7 Å². The van der Waals surface area contributed by atoms with Crippen molar-refractivity contribution in [1.29, 1.82) is 0 Å². The number of ketones is 1. The molecule has 0 radical (unpaired) electrons. The molecule has 0 bridgehead atoms. The molecule has 19 heavy (non-hydrogen) atoms. The lowest BCUT2D eigenvalue weighted by molar-refractivity contribution is 0.101. The van der Waals surface area contributed by atoms with Gasteiger partial charge in [0.25, 0.3) is 0 Å². The van der Waals surface area contributed by atoms with Crippen LogP contribution in [-0.4, -0.2) is 31.3 Å². The van der Waals surface area contributed by atoms with E-state index >= 15 is 0 Å². The van der Waals surface area contributed by atoms with Gasteiger partial charge in [-0.1, -0.05) is 11.8 Å². The van der Waals surface area contributed by atoms with Crippen LogP contribution in [0.4, 0.5) is 0 Å². The van der Waals surface area contributed by atoms with Crippen LogP contribution in [0, 0.1) is 0 Å². The molecule has 1 fully saturated rings. The number of hydrogen-bond acceptors (Lipinski definition) is 4. The fraction of sp³-hybridized carbons (Fsp3) is 0.462. The zero-order valence-electron chi connectivity index (χ0n) is 10.8. The number of Topliss-reactive ketones (excluding diaryl/α,β-unsaturated/α-hetero) is 1. The van der Waals surface area contributed by atoms with Gasteiger partial charge in [-0.15, -0.1) is 10.2 Å². The molecule has 0 spiro atoms. The maximum Gasteiger partial charge on any atom is 0.191 e. The first-order chi connectivity index (χ1) is 9.29. The van der Waals surface area contributed by atoms with Gasteiger partial charge in [-0.3, -0.25) is 4.79 Å². The van der Waals surface area contributed by atoms with E-state index in [0.717, 1.165) is 17.5 Å². The molecule has 2 aromatic rings. The Kier molecular flexibility index (Phi) is 3.42. The van der Waals surface area contributed by atoms with Crippen LogP contribution in [0.2, 0.25) is 0 Å². The first-order valence-corrected chi connectivity index (χ1v) is 7.50. The van der Waals surface area contributed by atoms with E-state index in [4.69, 9.17) is 0 Å². The Morgan fingerprint density at radius 2 is 2.37 bits per heavy atom. The van der Waals surface area contributed by atoms with Gasteiger partial charge >= 0.3 is 0 Å². The van der Waals surface area contributed by atoms with E-state index in [9.17, 15) is 4.79 Å². The minimum Gasteiger partial charge on any atom is -0.359 e. The number of thioether (sulfide) groups is 1. The summed E-state index contributed by atoms with van der Waals surface area (Å²) in [4.78, 5) is 14.9. The van der Waals surface area contributed by atoms with Crippen molar-refractivity contribution in [1.82, 2.24) is 19.7 Å². The van der Waals surface area contributed by atoms with Crippen molar-refractivity contribution in [3.05, 3.63) is 29.8 Å². The highest BCUT2D eigenvalue weighted by Gasteiger charge is 2.30. The lowest BCUT2D eigenvalue weighted by Crippen LogP contribution is -2.06. The van der Waals surface area contributed by atoms with E-state index in [2.05, 4.69) is 26.7 Å². The third-order valence-electron chi connectivity index (χ3n) is 3.23. The molecule has 1 aliphatic carbocycles. The van der Waals surface area contributed by atoms with Crippen LogP contribution in [0.3, 0.4) is 0 Å². The summed E-state index contributed by atoms with van der Waals surface area (Å²) in [5.74, 6) is 2.15. The molecule has 6 heteroatoms. The molecule has 0 aliphatic heterocycles. The molecule has 3 rings (SSSR count). The number of carbonyl (C=O) groups excluding carboxylic acids is 1. The summed E-state index contributed by atoms with van der Waals surface area (Å²) in [6, 6.07) is 3.63. The van der Waals surface area contributed by atoms with E-state index in [1.807, 2.05) is 6.07 Å². The maximum atomic E-state index is 11.9. The zero-order chi connectivity index (χ0) is 13.2. The summed E-state index contributed by atoms with van der Waals surface area (Å²) in [6.07, 6.45) is 4.19.